The molecule has 0 aromatic heterocycles. The number of nitrogens with one attached hydrogen (secondary N) is 2. The maximum absolute atomic E-state index is 12.4. The van der Waals surface area contributed by atoms with Gasteiger partial charge >= 0.3 is 0 Å². The van der Waals surface area contributed by atoms with Gasteiger partial charge in [0.1, 0.15) is 0 Å². The Hall–Kier alpha value is -2.18. The lowest BCUT2D eigenvalue weighted by Gasteiger charge is -2.10. The van der Waals surface area contributed by atoms with Crippen LogP contribution >= 0.6 is 0 Å². The van der Waals surface area contributed by atoms with Gasteiger partial charge in [-0.1, -0.05) is 42.5 Å². The summed E-state index contributed by atoms with van der Waals surface area (Å²) >= 11 is 0. The summed E-state index contributed by atoms with van der Waals surface area (Å²) in [4.78, 5) is 12.1. The molecule has 2 aromatic carbocycles. The van der Waals surface area contributed by atoms with Crippen LogP contribution in [0.2, 0.25) is 0 Å². The van der Waals surface area contributed by atoms with Crippen LogP contribution < -0.4 is 10.0 Å². The molecule has 1 amide bonds. The predicted octanol–water partition coefficient (Wildman–Crippen LogP) is 2.72. The molecule has 0 aliphatic rings. The summed E-state index contributed by atoms with van der Waals surface area (Å²) in [6.07, 6.45) is 1.87. The van der Waals surface area contributed by atoms with Crippen molar-refractivity contribution >= 4 is 15.9 Å². The molecule has 0 fully saturated rings. The largest absolute Gasteiger partial charge is 0.356 e. The molecule has 0 bridgehead atoms. The maximum Gasteiger partial charge on any atom is 0.240 e. The van der Waals surface area contributed by atoms with Crippen LogP contribution in [0, 0.1) is 13.8 Å². The number of sulfonamides is 1. The van der Waals surface area contributed by atoms with Crippen molar-refractivity contribution in [3.63, 3.8) is 0 Å². The molecule has 0 spiro atoms. The van der Waals surface area contributed by atoms with Gasteiger partial charge in [-0.3, -0.25) is 4.79 Å². The first-order valence-electron chi connectivity index (χ1n) is 8.76. The Morgan fingerprint density at radius 1 is 1.00 bits per heavy atom. The number of rotatable bonds is 9. The third-order valence-corrected chi connectivity index (χ3v) is 5.69. The maximum atomic E-state index is 12.4. The first-order chi connectivity index (χ1) is 12.4. The van der Waals surface area contributed by atoms with E-state index in [0.717, 1.165) is 18.4 Å². The van der Waals surface area contributed by atoms with Gasteiger partial charge < -0.3 is 5.32 Å². The third-order valence-electron chi connectivity index (χ3n) is 4.08. The fourth-order valence-corrected chi connectivity index (χ4v) is 3.99. The summed E-state index contributed by atoms with van der Waals surface area (Å²) < 4.78 is 27.2. The third kappa shape index (κ3) is 6.28. The SMILES string of the molecule is Cc1ccc(C)c(S(=O)(=O)NCCC(=O)NCCCc2ccccc2)c1. The lowest BCUT2D eigenvalue weighted by atomic mass is 10.1. The van der Waals surface area contributed by atoms with Crippen molar-refractivity contribution in [3.05, 3.63) is 65.2 Å². The van der Waals surface area contributed by atoms with Gasteiger partial charge in [0.2, 0.25) is 15.9 Å². The molecule has 0 unspecified atom stereocenters. The smallest absolute Gasteiger partial charge is 0.240 e. The van der Waals surface area contributed by atoms with Crippen LogP contribution in [0.4, 0.5) is 0 Å². The van der Waals surface area contributed by atoms with Crippen LogP contribution in [0.25, 0.3) is 0 Å². The highest BCUT2D eigenvalue weighted by Crippen LogP contribution is 2.16. The quantitative estimate of drug-likeness (QED) is 0.663. The second-order valence-electron chi connectivity index (χ2n) is 6.36. The molecule has 0 heterocycles. The standard InChI is InChI=1S/C20H26N2O3S/c1-16-10-11-17(2)19(15-16)26(24,25)22-14-12-20(23)21-13-6-9-18-7-4-3-5-8-18/h3-5,7-8,10-11,15,22H,6,9,12-14H2,1-2H3,(H,21,23). The average molecular weight is 375 g/mol. The normalized spacial score (nSPS) is 11.3. The van der Waals surface area contributed by atoms with E-state index in [9.17, 15) is 13.2 Å². The number of amides is 1. The first-order valence-corrected chi connectivity index (χ1v) is 10.2. The first kappa shape index (κ1) is 20.1. The molecule has 2 N–H and O–H groups in total. The fraction of sp³-hybridized carbons (Fsp3) is 0.350. The van der Waals surface area contributed by atoms with Crippen LogP contribution in [0.3, 0.4) is 0 Å². The van der Waals surface area contributed by atoms with Crippen LogP contribution in [0.1, 0.15) is 29.5 Å². The van der Waals surface area contributed by atoms with Gasteiger partial charge in [0.15, 0.2) is 0 Å². The molecule has 5 nitrogen and oxygen atoms in total. The zero-order valence-electron chi connectivity index (χ0n) is 15.3. The van der Waals surface area contributed by atoms with Crippen molar-refractivity contribution < 1.29 is 13.2 Å². The topological polar surface area (TPSA) is 75.3 Å². The van der Waals surface area contributed by atoms with Crippen molar-refractivity contribution in [1.29, 1.82) is 0 Å². The van der Waals surface area contributed by atoms with Crippen LogP contribution in [-0.4, -0.2) is 27.4 Å². The molecule has 26 heavy (non-hydrogen) atoms. The highest BCUT2D eigenvalue weighted by atomic mass is 32.2. The Morgan fingerprint density at radius 2 is 1.73 bits per heavy atom. The summed E-state index contributed by atoms with van der Waals surface area (Å²) in [5.41, 5.74) is 2.81. The minimum absolute atomic E-state index is 0.0836. The van der Waals surface area contributed by atoms with E-state index in [1.54, 1.807) is 19.1 Å². The summed E-state index contributed by atoms with van der Waals surface area (Å²) in [6, 6.07) is 15.4. The minimum Gasteiger partial charge on any atom is -0.356 e. The van der Waals surface area contributed by atoms with Gasteiger partial charge in [-0.05, 0) is 49.4 Å². The van der Waals surface area contributed by atoms with E-state index in [2.05, 4.69) is 22.2 Å². The molecule has 0 saturated carbocycles. The van der Waals surface area contributed by atoms with Gasteiger partial charge in [-0.25, -0.2) is 13.1 Å². The monoisotopic (exact) mass is 374 g/mol. The van der Waals surface area contributed by atoms with Gasteiger partial charge in [0, 0.05) is 19.5 Å². The summed E-state index contributed by atoms with van der Waals surface area (Å²) in [7, 11) is -3.60. The summed E-state index contributed by atoms with van der Waals surface area (Å²) in [5, 5.41) is 2.83. The molecule has 0 atom stereocenters. The number of benzene rings is 2. The van der Waals surface area contributed by atoms with E-state index < -0.39 is 10.0 Å². The number of carbonyl (C=O) groups is 1. The second kappa shape index (κ2) is 9.50. The highest BCUT2D eigenvalue weighted by Gasteiger charge is 2.16. The van der Waals surface area contributed by atoms with Crippen molar-refractivity contribution in [1.82, 2.24) is 10.0 Å². The predicted molar refractivity (Wildman–Crippen MR) is 103 cm³/mol. The zero-order chi connectivity index (χ0) is 19.0. The Balaban J connectivity index is 1.71. The van der Waals surface area contributed by atoms with E-state index >= 15 is 0 Å². The van der Waals surface area contributed by atoms with Gasteiger partial charge in [-0.15, -0.1) is 0 Å². The molecule has 0 aliphatic carbocycles. The molecular weight excluding hydrogens is 348 g/mol. The van der Waals surface area contributed by atoms with Gasteiger partial charge in [0.25, 0.3) is 0 Å². The van der Waals surface area contributed by atoms with Crippen LogP contribution in [0.15, 0.2) is 53.4 Å². The summed E-state index contributed by atoms with van der Waals surface area (Å²) in [6.45, 7) is 4.27. The molecule has 0 saturated heterocycles. The molecule has 2 rings (SSSR count). The van der Waals surface area contributed by atoms with E-state index in [-0.39, 0.29) is 23.8 Å². The molecule has 140 valence electrons. The van der Waals surface area contributed by atoms with Crippen molar-refractivity contribution in [2.24, 2.45) is 0 Å². The van der Waals surface area contributed by atoms with Crippen molar-refractivity contribution in [2.45, 2.75) is 38.0 Å². The Labute approximate surface area is 155 Å². The molecular formula is C20H26N2O3S. The zero-order valence-corrected chi connectivity index (χ0v) is 16.1. The van der Waals surface area contributed by atoms with Gasteiger partial charge in [0.05, 0.1) is 4.90 Å². The van der Waals surface area contributed by atoms with Crippen molar-refractivity contribution in [2.75, 3.05) is 13.1 Å². The molecule has 0 aliphatic heterocycles. The number of hydrogen-bond donors (Lipinski definition) is 2. The van der Waals surface area contributed by atoms with E-state index in [4.69, 9.17) is 0 Å². The van der Waals surface area contributed by atoms with E-state index in [0.29, 0.717) is 12.1 Å². The highest BCUT2D eigenvalue weighted by molar-refractivity contribution is 7.89. The number of carbonyl (C=O) groups excluding carboxylic acids is 1. The molecule has 2 aromatic rings. The van der Waals surface area contributed by atoms with Gasteiger partial charge in [-0.2, -0.15) is 0 Å². The van der Waals surface area contributed by atoms with Crippen LogP contribution in [-0.2, 0) is 21.2 Å². The number of hydrogen-bond acceptors (Lipinski definition) is 3. The lowest BCUT2D eigenvalue weighted by molar-refractivity contribution is -0.120. The van der Waals surface area contributed by atoms with E-state index in [1.807, 2.05) is 31.2 Å². The Bertz CT molecular complexity index is 833. The second-order valence-corrected chi connectivity index (χ2v) is 8.09. The molecule has 6 heteroatoms. The molecule has 0 radical (unpaired) electrons. The lowest BCUT2D eigenvalue weighted by Crippen LogP contribution is -2.31. The van der Waals surface area contributed by atoms with Crippen LogP contribution in [0.5, 0.6) is 0 Å². The Morgan fingerprint density at radius 3 is 2.46 bits per heavy atom. The van der Waals surface area contributed by atoms with Crippen molar-refractivity contribution in [3.8, 4) is 0 Å². The number of aryl methyl sites for hydroxylation is 3. The summed E-state index contributed by atoms with van der Waals surface area (Å²) in [5.74, 6) is -0.151. The minimum atomic E-state index is -3.60. The van der Waals surface area contributed by atoms with E-state index in [1.165, 1.54) is 5.56 Å². The Kier molecular flexibility index (Phi) is 7.36. The average Bonchev–Trinajstić information content (AvgIpc) is 2.61. The fourth-order valence-electron chi connectivity index (χ4n) is 2.63.